The quantitative estimate of drug-likeness (QED) is 0.294. The van der Waals surface area contributed by atoms with Crippen molar-refractivity contribution in [2.45, 2.75) is 46.0 Å². The predicted octanol–water partition coefficient (Wildman–Crippen LogP) is 4.87. The molecule has 3 N–H and O–H groups in total. The number of benzene rings is 1. The summed E-state index contributed by atoms with van der Waals surface area (Å²) in [6.07, 6.45) is 2.98. The minimum Gasteiger partial charge on any atom is -0.493 e. The summed E-state index contributed by atoms with van der Waals surface area (Å²) >= 11 is 11.7. The van der Waals surface area contributed by atoms with Crippen LogP contribution in [0.4, 0.5) is 10.6 Å². The van der Waals surface area contributed by atoms with E-state index in [-0.39, 0.29) is 21.4 Å². The van der Waals surface area contributed by atoms with Gasteiger partial charge in [-0.3, -0.25) is 10.9 Å². The molecule has 0 aliphatic carbocycles. The number of aryl methyl sites for hydroxylation is 1. The third kappa shape index (κ3) is 6.65. The van der Waals surface area contributed by atoms with Gasteiger partial charge in [-0.05, 0) is 42.4 Å². The standard InChI is InChI=1S/C20H27Cl2N5O2/c1-5-20(3,4)14-7-8-15(13(2)11-14)29-10-6-9-23-19(28)27-26-18-16(21)17(22)24-12-25-18/h7-8,11-12H,5-6,9-10H2,1-4H3,(H2,23,27,28)(H,24,25,26). The van der Waals surface area contributed by atoms with Crippen molar-refractivity contribution >= 4 is 35.1 Å². The SMILES string of the molecule is CCC(C)(C)c1ccc(OCCCNC(=O)NNc2ncnc(Cl)c2Cl)c(C)c1. The summed E-state index contributed by atoms with van der Waals surface area (Å²) in [5, 5.41) is 2.95. The first kappa shape index (κ1) is 23.0. The number of aromatic nitrogens is 2. The van der Waals surface area contributed by atoms with Crippen molar-refractivity contribution in [1.29, 1.82) is 0 Å². The predicted molar refractivity (Wildman–Crippen MR) is 117 cm³/mol. The van der Waals surface area contributed by atoms with Crippen molar-refractivity contribution in [3.05, 3.63) is 45.8 Å². The van der Waals surface area contributed by atoms with Crippen LogP contribution in [-0.2, 0) is 5.41 Å². The summed E-state index contributed by atoms with van der Waals surface area (Å²) in [6.45, 7) is 9.66. The highest BCUT2D eigenvalue weighted by Crippen LogP contribution is 2.30. The molecule has 0 atom stereocenters. The van der Waals surface area contributed by atoms with Crippen molar-refractivity contribution < 1.29 is 9.53 Å². The molecule has 0 saturated heterocycles. The molecule has 0 fully saturated rings. The average molecular weight is 440 g/mol. The lowest BCUT2D eigenvalue weighted by Crippen LogP contribution is -2.40. The number of rotatable bonds is 9. The van der Waals surface area contributed by atoms with Crippen LogP contribution in [0, 0.1) is 6.92 Å². The van der Waals surface area contributed by atoms with Gasteiger partial charge in [0.25, 0.3) is 0 Å². The van der Waals surface area contributed by atoms with Gasteiger partial charge in [-0.1, -0.05) is 56.1 Å². The van der Waals surface area contributed by atoms with Crippen LogP contribution >= 0.6 is 23.2 Å². The zero-order valence-electron chi connectivity index (χ0n) is 17.1. The van der Waals surface area contributed by atoms with Crippen molar-refractivity contribution in [2.75, 3.05) is 18.6 Å². The molecule has 158 valence electrons. The Labute approximate surface area is 181 Å². The number of ether oxygens (including phenoxy) is 1. The molecule has 0 radical (unpaired) electrons. The van der Waals surface area contributed by atoms with Gasteiger partial charge in [0.05, 0.1) is 6.61 Å². The molecule has 0 aliphatic rings. The number of nitrogens with zero attached hydrogens (tertiary/aromatic N) is 2. The monoisotopic (exact) mass is 439 g/mol. The molecule has 0 saturated carbocycles. The van der Waals surface area contributed by atoms with E-state index in [4.69, 9.17) is 27.9 Å². The summed E-state index contributed by atoms with van der Waals surface area (Å²) in [5.41, 5.74) is 7.59. The topological polar surface area (TPSA) is 88.2 Å². The number of hydrogen-bond acceptors (Lipinski definition) is 5. The molecule has 1 heterocycles. The number of carbonyl (C=O) groups excluding carboxylic acids is 1. The maximum atomic E-state index is 11.8. The van der Waals surface area contributed by atoms with E-state index in [0.717, 1.165) is 17.7 Å². The lowest BCUT2D eigenvalue weighted by Gasteiger charge is -2.24. The number of anilines is 1. The van der Waals surface area contributed by atoms with Crippen LogP contribution in [0.2, 0.25) is 10.2 Å². The molecule has 29 heavy (non-hydrogen) atoms. The van der Waals surface area contributed by atoms with Crippen LogP contribution in [0.3, 0.4) is 0 Å². The third-order valence-corrected chi connectivity index (χ3v) is 5.49. The number of hydrogen-bond donors (Lipinski definition) is 3. The Kier molecular flexibility index (Phi) is 8.34. The van der Waals surface area contributed by atoms with Crippen LogP contribution in [0.25, 0.3) is 0 Å². The van der Waals surface area contributed by atoms with Crippen LogP contribution in [0.1, 0.15) is 44.7 Å². The van der Waals surface area contributed by atoms with E-state index in [1.54, 1.807) is 0 Å². The molecular weight excluding hydrogens is 413 g/mol. The molecular formula is C20H27Cl2N5O2. The highest BCUT2D eigenvalue weighted by molar-refractivity contribution is 6.42. The smallest absolute Gasteiger partial charge is 0.333 e. The van der Waals surface area contributed by atoms with Gasteiger partial charge in [0, 0.05) is 6.54 Å². The molecule has 0 bridgehead atoms. The van der Waals surface area contributed by atoms with E-state index in [0.29, 0.717) is 19.6 Å². The van der Waals surface area contributed by atoms with E-state index in [9.17, 15) is 4.79 Å². The van der Waals surface area contributed by atoms with Crippen LogP contribution in [-0.4, -0.2) is 29.2 Å². The van der Waals surface area contributed by atoms with E-state index in [1.807, 2.05) is 13.0 Å². The molecule has 2 amide bonds. The van der Waals surface area contributed by atoms with Crippen LogP contribution in [0.15, 0.2) is 24.5 Å². The second-order valence-corrected chi connectivity index (χ2v) is 7.99. The number of urea groups is 1. The van der Waals surface area contributed by atoms with E-state index < -0.39 is 6.03 Å². The molecule has 2 rings (SSSR count). The fourth-order valence-corrected chi connectivity index (χ4v) is 2.77. The van der Waals surface area contributed by atoms with E-state index >= 15 is 0 Å². The summed E-state index contributed by atoms with van der Waals surface area (Å²) in [5.74, 6) is 1.08. The second-order valence-electron chi connectivity index (χ2n) is 7.25. The third-order valence-electron chi connectivity index (χ3n) is 4.75. The van der Waals surface area contributed by atoms with Crippen molar-refractivity contribution in [1.82, 2.24) is 20.7 Å². The summed E-state index contributed by atoms with van der Waals surface area (Å²) < 4.78 is 5.84. The van der Waals surface area contributed by atoms with Gasteiger partial charge in [0.1, 0.15) is 17.1 Å². The molecule has 0 spiro atoms. The maximum Gasteiger partial charge on any atom is 0.333 e. The summed E-state index contributed by atoms with van der Waals surface area (Å²) in [4.78, 5) is 19.4. The van der Waals surface area contributed by atoms with Gasteiger partial charge in [0.2, 0.25) is 0 Å². The maximum absolute atomic E-state index is 11.8. The normalized spacial score (nSPS) is 11.1. The Morgan fingerprint density at radius 2 is 2.00 bits per heavy atom. The number of halogens is 2. The number of amides is 2. The zero-order chi connectivity index (χ0) is 21.4. The molecule has 1 aromatic carbocycles. The minimum absolute atomic E-state index is 0.102. The Balaban J connectivity index is 1.70. The minimum atomic E-state index is -0.418. The zero-order valence-corrected chi connectivity index (χ0v) is 18.6. The average Bonchev–Trinajstić information content (AvgIpc) is 2.69. The number of hydrazine groups is 1. The summed E-state index contributed by atoms with van der Waals surface area (Å²) in [6, 6.07) is 5.90. The lowest BCUT2D eigenvalue weighted by molar-refractivity contribution is 0.241. The molecule has 9 heteroatoms. The van der Waals surface area contributed by atoms with Gasteiger partial charge < -0.3 is 10.1 Å². The Morgan fingerprint density at radius 3 is 2.69 bits per heavy atom. The Bertz CT molecular complexity index is 846. The lowest BCUT2D eigenvalue weighted by atomic mass is 9.81. The molecule has 1 aromatic heterocycles. The molecule has 7 nitrogen and oxygen atoms in total. The highest BCUT2D eigenvalue weighted by Gasteiger charge is 2.18. The van der Waals surface area contributed by atoms with Crippen LogP contribution < -0.4 is 20.9 Å². The largest absolute Gasteiger partial charge is 0.493 e. The fraction of sp³-hybridized carbons (Fsp3) is 0.450. The molecule has 0 unspecified atom stereocenters. The van der Waals surface area contributed by atoms with Gasteiger partial charge in [-0.25, -0.2) is 14.8 Å². The van der Waals surface area contributed by atoms with Gasteiger partial charge >= 0.3 is 6.03 Å². The fourth-order valence-electron chi connectivity index (χ4n) is 2.49. The molecule has 0 aliphatic heterocycles. The van der Waals surface area contributed by atoms with Gasteiger partial charge in [-0.15, -0.1) is 0 Å². The first-order valence-electron chi connectivity index (χ1n) is 9.44. The van der Waals surface area contributed by atoms with Crippen molar-refractivity contribution in [3.8, 4) is 5.75 Å². The van der Waals surface area contributed by atoms with Crippen LogP contribution in [0.5, 0.6) is 5.75 Å². The second kappa shape index (κ2) is 10.5. The number of carbonyl (C=O) groups is 1. The first-order chi connectivity index (χ1) is 13.7. The van der Waals surface area contributed by atoms with E-state index in [2.05, 4.69) is 59.0 Å². The summed E-state index contributed by atoms with van der Waals surface area (Å²) in [7, 11) is 0. The van der Waals surface area contributed by atoms with E-state index in [1.165, 1.54) is 11.9 Å². The Morgan fingerprint density at radius 1 is 1.24 bits per heavy atom. The Hall–Kier alpha value is -2.25. The van der Waals surface area contributed by atoms with Crippen molar-refractivity contribution in [3.63, 3.8) is 0 Å². The highest BCUT2D eigenvalue weighted by atomic mass is 35.5. The van der Waals surface area contributed by atoms with Gasteiger partial charge in [-0.2, -0.15) is 0 Å². The van der Waals surface area contributed by atoms with Gasteiger partial charge in [0.15, 0.2) is 11.0 Å². The first-order valence-corrected chi connectivity index (χ1v) is 10.2. The van der Waals surface area contributed by atoms with Crippen molar-refractivity contribution in [2.24, 2.45) is 0 Å². The number of nitrogens with one attached hydrogen (secondary N) is 3. The molecule has 2 aromatic rings.